The molecule has 0 spiro atoms. The Morgan fingerprint density at radius 2 is 2.00 bits per heavy atom. The molecular weight excluding hydrogens is 334 g/mol. The van der Waals surface area contributed by atoms with Crippen molar-refractivity contribution in [1.82, 2.24) is 9.88 Å². The van der Waals surface area contributed by atoms with E-state index in [1.54, 1.807) is 6.08 Å². The third-order valence-corrected chi connectivity index (χ3v) is 4.23. The molecule has 0 saturated carbocycles. The Balaban J connectivity index is 2.22. The molecule has 0 aliphatic carbocycles. The molecule has 1 aromatic carbocycles. The molecule has 0 aliphatic heterocycles. The van der Waals surface area contributed by atoms with Crippen LogP contribution < -0.4 is 5.32 Å². The zero-order valence-corrected chi connectivity index (χ0v) is 16.9. The Labute approximate surface area is 162 Å². The Morgan fingerprint density at radius 3 is 2.70 bits per heavy atom. The first-order chi connectivity index (χ1) is 12.9. The number of rotatable bonds is 7. The minimum atomic E-state index is -0.126. The second kappa shape index (κ2) is 9.83. The minimum Gasteiger partial charge on any atom is -0.323 e. The molecule has 0 atom stereocenters. The van der Waals surface area contributed by atoms with Gasteiger partial charge in [0.25, 0.3) is 0 Å². The van der Waals surface area contributed by atoms with E-state index in [4.69, 9.17) is 0 Å². The zero-order chi connectivity index (χ0) is 19.8. The highest BCUT2D eigenvalue weighted by atomic mass is 16.1. The fourth-order valence-corrected chi connectivity index (χ4v) is 2.84. The summed E-state index contributed by atoms with van der Waals surface area (Å²) in [6, 6.07) is 10.0. The molecule has 1 aromatic heterocycles. The van der Waals surface area contributed by atoms with Crippen LogP contribution in [0.3, 0.4) is 0 Å². The summed E-state index contributed by atoms with van der Waals surface area (Å²) < 4.78 is 0. The second-order valence-electron chi connectivity index (χ2n) is 6.89. The molecule has 0 unspecified atom stereocenters. The molecule has 2 aromatic rings. The fourth-order valence-electron chi connectivity index (χ4n) is 2.84. The standard InChI is InChI=1S/C23H29N3O/c1-6-9-17(2)22-15-20(16-24-18(22)3)19-10-7-11-21(14-19)25-23(27)12-8-13-26(4)5/h7-12,14-16H,6,13H2,1-5H3,(H,25,27)/b12-8+,17-9-. The third-order valence-electron chi connectivity index (χ3n) is 4.23. The van der Waals surface area contributed by atoms with Crippen LogP contribution >= 0.6 is 0 Å². The largest absolute Gasteiger partial charge is 0.323 e. The van der Waals surface area contributed by atoms with Crippen LogP contribution in [0.1, 0.15) is 31.5 Å². The lowest BCUT2D eigenvalue weighted by Gasteiger charge is -2.10. The number of aromatic nitrogens is 1. The van der Waals surface area contributed by atoms with E-state index in [2.05, 4.69) is 36.3 Å². The van der Waals surface area contributed by atoms with Gasteiger partial charge in [0.2, 0.25) is 5.91 Å². The Hall–Kier alpha value is -2.72. The van der Waals surface area contributed by atoms with Crippen LogP contribution in [0.5, 0.6) is 0 Å². The summed E-state index contributed by atoms with van der Waals surface area (Å²) in [5, 5.41) is 2.92. The molecule has 1 heterocycles. The van der Waals surface area contributed by atoms with Crippen LogP contribution in [0, 0.1) is 6.92 Å². The van der Waals surface area contributed by atoms with Crippen molar-refractivity contribution in [1.29, 1.82) is 0 Å². The van der Waals surface area contributed by atoms with Crippen LogP contribution in [0.15, 0.2) is 54.8 Å². The van der Waals surface area contributed by atoms with Gasteiger partial charge in [0.05, 0.1) is 0 Å². The highest BCUT2D eigenvalue weighted by Crippen LogP contribution is 2.27. The van der Waals surface area contributed by atoms with E-state index >= 15 is 0 Å². The number of carbonyl (C=O) groups is 1. The van der Waals surface area contributed by atoms with Gasteiger partial charge in [0, 0.05) is 35.8 Å². The van der Waals surface area contributed by atoms with Crippen LogP contribution in [0.2, 0.25) is 0 Å². The average molecular weight is 364 g/mol. The average Bonchev–Trinajstić information content (AvgIpc) is 2.62. The molecule has 0 saturated heterocycles. The molecule has 142 valence electrons. The molecule has 0 radical (unpaired) electrons. The summed E-state index contributed by atoms with van der Waals surface area (Å²) in [7, 11) is 3.93. The number of anilines is 1. The van der Waals surface area contributed by atoms with Crippen molar-refractivity contribution < 1.29 is 4.79 Å². The quantitative estimate of drug-likeness (QED) is 0.710. The molecule has 0 bridgehead atoms. The minimum absolute atomic E-state index is 0.126. The number of hydrogen-bond donors (Lipinski definition) is 1. The van der Waals surface area contributed by atoms with Crippen molar-refractivity contribution in [3.8, 4) is 11.1 Å². The molecule has 0 fully saturated rings. The maximum absolute atomic E-state index is 12.1. The maximum Gasteiger partial charge on any atom is 0.248 e. The molecule has 2 rings (SSSR count). The summed E-state index contributed by atoms with van der Waals surface area (Å²) in [5.74, 6) is -0.126. The van der Waals surface area contributed by atoms with Gasteiger partial charge >= 0.3 is 0 Å². The highest BCUT2D eigenvalue weighted by molar-refractivity contribution is 5.99. The first-order valence-corrected chi connectivity index (χ1v) is 9.27. The number of likely N-dealkylation sites (N-methyl/N-ethyl adjacent to an activating group) is 1. The van der Waals surface area contributed by atoms with Gasteiger partial charge in [-0.3, -0.25) is 9.78 Å². The molecule has 1 N–H and O–H groups in total. The van der Waals surface area contributed by atoms with E-state index < -0.39 is 0 Å². The van der Waals surface area contributed by atoms with Crippen LogP contribution in [0.25, 0.3) is 16.7 Å². The number of hydrogen-bond acceptors (Lipinski definition) is 3. The summed E-state index contributed by atoms with van der Waals surface area (Å²) >= 11 is 0. The SMILES string of the molecule is CC/C=C(/C)c1cc(-c2cccc(NC(=O)/C=C/CN(C)C)c2)cnc1C. The first-order valence-electron chi connectivity index (χ1n) is 9.27. The number of carbonyl (C=O) groups excluding carboxylic acids is 1. The Bertz CT molecular complexity index is 850. The molecule has 4 nitrogen and oxygen atoms in total. The van der Waals surface area contributed by atoms with Crippen LogP contribution in [-0.4, -0.2) is 36.4 Å². The van der Waals surface area contributed by atoms with Crippen molar-refractivity contribution in [2.75, 3.05) is 26.0 Å². The van der Waals surface area contributed by atoms with E-state index in [0.29, 0.717) is 0 Å². The predicted octanol–water partition coefficient (Wildman–Crippen LogP) is 4.93. The lowest BCUT2D eigenvalue weighted by molar-refractivity contribution is -0.111. The summed E-state index contributed by atoms with van der Waals surface area (Å²) in [6.07, 6.45) is 8.51. The number of amides is 1. The van der Waals surface area contributed by atoms with E-state index in [9.17, 15) is 4.79 Å². The van der Waals surface area contributed by atoms with Crippen molar-refractivity contribution >= 4 is 17.2 Å². The number of aryl methyl sites for hydroxylation is 1. The Kier molecular flexibility index (Phi) is 7.50. The molecule has 0 aliphatic rings. The van der Waals surface area contributed by atoms with Crippen molar-refractivity contribution in [2.45, 2.75) is 27.2 Å². The molecular formula is C23H29N3O. The zero-order valence-electron chi connectivity index (χ0n) is 16.9. The predicted molar refractivity (Wildman–Crippen MR) is 115 cm³/mol. The smallest absolute Gasteiger partial charge is 0.248 e. The molecule has 4 heteroatoms. The van der Waals surface area contributed by atoms with Crippen molar-refractivity contribution in [2.24, 2.45) is 0 Å². The van der Waals surface area contributed by atoms with Crippen molar-refractivity contribution in [3.63, 3.8) is 0 Å². The summed E-state index contributed by atoms with van der Waals surface area (Å²) in [5.41, 5.74) is 6.27. The lowest BCUT2D eigenvalue weighted by Crippen LogP contribution is -2.12. The van der Waals surface area contributed by atoms with Crippen LogP contribution in [-0.2, 0) is 4.79 Å². The van der Waals surface area contributed by atoms with E-state index in [1.165, 1.54) is 5.57 Å². The fraction of sp³-hybridized carbons (Fsp3) is 0.304. The first kappa shape index (κ1) is 20.6. The molecule has 27 heavy (non-hydrogen) atoms. The third kappa shape index (κ3) is 6.19. The highest BCUT2D eigenvalue weighted by Gasteiger charge is 2.07. The Morgan fingerprint density at radius 1 is 1.22 bits per heavy atom. The number of nitrogens with zero attached hydrogens (tertiary/aromatic N) is 2. The number of allylic oxidation sites excluding steroid dienone is 2. The molecule has 1 amide bonds. The maximum atomic E-state index is 12.1. The summed E-state index contributed by atoms with van der Waals surface area (Å²) in [4.78, 5) is 18.6. The topological polar surface area (TPSA) is 45.2 Å². The van der Waals surface area contributed by atoms with Gasteiger partial charge in [-0.1, -0.05) is 31.2 Å². The number of benzene rings is 1. The number of pyridine rings is 1. The van der Waals surface area contributed by atoms with Gasteiger partial charge in [0.1, 0.15) is 0 Å². The van der Waals surface area contributed by atoms with E-state index in [-0.39, 0.29) is 5.91 Å². The van der Waals surface area contributed by atoms with Gasteiger partial charge in [-0.15, -0.1) is 0 Å². The lowest BCUT2D eigenvalue weighted by atomic mass is 9.99. The van der Waals surface area contributed by atoms with Gasteiger partial charge in [-0.05, 0) is 69.3 Å². The monoisotopic (exact) mass is 363 g/mol. The normalized spacial score (nSPS) is 12.0. The van der Waals surface area contributed by atoms with Gasteiger partial charge in [-0.25, -0.2) is 0 Å². The van der Waals surface area contributed by atoms with E-state index in [1.807, 2.05) is 62.5 Å². The second-order valence-corrected chi connectivity index (χ2v) is 6.89. The van der Waals surface area contributed by atoms with Crippen molar-refractivity contribution in [3.05, 3.63) is 66.0 Å². The van der Waals surface area contributed by atoms with Gasteiger partial charge < -0.3 is 10.2 Å². The van der Waals surface area contributed by atoms with Gasteiger partial charge in [0.15, 0.2) is 0 Å². The van der Waals surface area contributed by atoms with Gasteiger partial charge in [-0.2, -0.15) is 0 Å². The van der Waals surface area contributed by atoms with Crippen LogP contribution in [0.4, 0.5) is 5.69 Å². The van der Waals surface area contributed by atoms with E-state index in [0.717, 1.165) is 41.0 Å². The number of nitrogens with one attached hydrogen (secondary N) is 1. The summed E-state index contributed by atoms with van der Waals surface area (Å²) in [6.45, 7) is 7.02.